The Balaban J connectivity index is 2.41. The van der Waals surface area contributed by atoms with Crippen LogP contribution in [0.2, 0.25) is 0 Å². The topological polar surface area (TPSA) is 52.6 Å². The minimum Gasteiger partial charge on any atom is -0.393 e. The Morgan fingerprint density at radius 3 is 2.79 bits per heavy atom. The lowest BCUT2D eigenvalue weighted by atomic mass is 9.91. The number of rotatable bonds is 6. The molecule has 0 fully saturated rings. The van der Waals surface area contributed by atoms with Gasteiger partial charge in [-0.05, 0) is 24.8 Å². The third-order valence-electron chi connectivity index (χ3n) is 3.10. The number of aliphatic hydroxyl groups excluding tert-OH is 1. The summed E-state index contributed by atoms with van der Waals surface area (Å²) < 4.78 is 0. The van der Waals surface area contributed by atoms with Crippen molar-refractivity contribution in [2.45, 2.75) is 38.7 Å². The predicted octanol–water partition coefficient (Wildman–Crippen LogP) is 2.44. The van der Waals surface area contributed by atoms with Crippen molar-refractivity contribution in [2.24, 2.45) is 0 Å². The second-order valence-electron chi connectivity index (χ2n) is 5.58. The summed E-state index contributed by atoms with van der Waals surface area (Å²) in [5.41, 5.74) is -0.0606. The molecule has 2 N–H and O–H groups in total. The third-order valence-corrected chi connectivity index (χ3v) is 4.33. The summed E-state index contributed by atoms with van der Waals surface area (Å²) in [6.07, 6.45) is 0.218. The van der Waals surface area contributed by atoms with Crippen LogP contribution in [0.3, 0.4) is 0 Å². The number of thiophene rings is 1. The summed E-state index contributed by atoms with van der Waals surface area (Å²) in [7, 11) is 1.75. The second-order valence-corrected chi connectivity index (χ2v) is 6.53. The summed E-state index contributed by atoms with van der Waals surface area (Å²) in [5.74, 6) is 0. The molecule has 1 aromatic heterocycles. The van der Waals surface area contributed by atoms with Crippen LogP contribution in [0.25, 0.3) is 0 Å². The van der Waals surface area contributed by atoms with E-state index in [1.54, 1.807) is 30.2 Å². The van der Waals surface area contributed by atoms with Gasteiger partial charge in [0.2, 0.25) is 0 Å². The van der Waals surface area contributed by atoms with E-state index in [4.69, 9.17) is 0 Å². The van der Waals surface area contributed by atoms with Crippen LogP contribution in [0.15, 0.2) is 17.5 Å². The molecule has 2 amide bonds. The number of urea groups is 1. The fourth-order valence-corrected chi connectivity index (χ4v) is 2.52. The molecule has 0 aliphatic carbocycles. The van der Waals surface area contributed by atoms with Gasteiger partial charge in [0.15, 0.2) is 0 Å². The maximum Gasteiger partial charge on any atom is 0.317 e. The van der Waals surface area contributed by atoms with Gasteiger partial charge in [-0.15, -0.1) is 11.3 Å². The third kappa shape index (κ3) is 5.20. The molecule has 0 bridgehead atoms. The molecule has 4 nitrogen and oxygen atoms in total. The van der Waals surface area contributed by atoms with Gasteiger partial charge >= 0.3 is 6.03 Å². The molecule has 0 aliphatic heterocycles. The van der Waals surface area contributed by atoms with Gasteiger partial charge in [0, 0.05) is 30.4 Å². The number of nitrogens with zero attached hydrogens (tertiary/aromatic N) is 1. The molecule has 1 heterocycles. The molecule has 0 aromatic carbocycles. The molecule has 0 saturated carbocycles. The molecule has 1 unspecified atom stereocenters. The molecule has 0 spiro atoms. The molecule has 19 heavy (non-hydrogen) atoms. The van der Waals surface area contributed by atoms with Crippen LogP contribution >= 0.6 is 11.3 Å². The zero-order chi connectivity index (χ0) is 14.5. The first-order valence-electron chi connectivity index (χ1n) is 6.54. The van der Waals surface area contributed by atoms with Crippen LogP contribution < -0.4 is 5.32 Å². The van der Waals surface area contributed by atoms with Crippen molar-refractivity contribution in [2.75, 3.05) is 20.1 Å². The average Bonchev–Trinajstić information content (AvgIpc) is 2.87. The quantitative estimate of drug-likeness (QED) is 0.843. The fourth-order valence-electron chi connectivity index (χ4n) is 1.66. The van der Waals surface area contributed by atoms with Crippen molar-refractivity contribution in [3.8, 4) is 0 Å². The number of nitrogens with one attached hydrogen (secondary N) is 1. The molecule has 108 valence electrons. The number of carbonyl (C=O) groups is 1. The maximum atomic E-state index is 11.9. The number of hydrogen-bond acceptors (Lipinski definition) is 3. The van der Waals surface area contributed by atoms with Crippen LogP contribution in [0.1, 0.15) is 32.1 Å². The van der Waals surface area contributed by atoms with E-state index in [1.165, 1.54) is 4.88 Å². The summed E-state index contributed by atoms with van der Waals surface area (Å²) >= 11 is 1.71. The van der Waals surface area contributed by atoms with Crippen LogP contribution in [-0.4, -0.2) is 42.3 Å². The van der Waals surface area contributed by atoms with Crippen LogP contribution in [0.5, 0.6) is 0 Å². The van der Waals surface area contributed by atoms with Crippen molar-refractivity contribution in [1.29, 1.82) is 0 Å². The number of aliphatic hydroxyl groups is 1. The number of carbonyl (C=O) groups excluding carboxylic acids is 1. The highest BCUT2D eigenvalue weighted by molar-refractivity contribution is 7.10. The van der Waals surface area contributed by atoms with E-state index < -0.39 is 0 Å². The van der Waals surface area contributed by atoms with Gasteiger partial charge in [0.25, 0.3) is 0 Å². The summed E-state index contributed by atoms with van der Waals surface area (Å²) in [5, 5.41) is 14.2. The first-order valence-corrected chi connectivity index (χ1v) is 7.42. The molecule has 1 atom stereocenters. The van der Waals surface area contributed by atoms with Gasteiger partial charge in [-0.25, -0.2) is 4.79 Å². The summed E-state index contributed by atoms with van der Waals surface area (Å²) in [6, 6.07) is 4.03. The van der Waals surface area contributed by atoms with Crippen molar-refractivity contribution in [3.05, 3.63) is 22.4 Å². The van der Waals surface area contributed by atoms with Gasteiger partial charge in [0.05, 0.1) is 6.10 Å². The van der Waals surface area contributed by atoms with Crippen molar-refractivity contribution in [3.63, 3.8) is 0 Å². The van der Waals surface area contributed by atoms with E-state index in [2.05, 4.69) is 25.2 Å². The Labute approximate surface area is 119 Å². The molecule has 0 saturated heterocycles. The average molecular weight is 284 g/mol. The molecular weight excluding hydrogens is 260 g/mol. The molecule has 5 heteroatoms. The maximum absolute atomic E-state index is 11.9. The van der Waals surface area contributed by atoms with Crippen molar-refractivity contribution < 1.29 is 9.90 Å². The van der Waals surface area contributed by atoms with Gasteiger partial charge < -0.3 is 15.3 Å². The predicted molar refractivity (Wildman–Crippen MR) is 79.7 cm³/mol. The van der Waals surface area contributed by atoms with Crippen molar-refractivity contribution in [1.82, 2.24) is 10.2 Å². The largest absolute Gasteiger partial charge is 0.393 e. The fraction of sp³-hybridized carbons (Fsp3) is 0.643. The lowest BCUT2D eigenvalue weighted by Crippen LogP contribution is -2.43. The smallest absolute Gasteiger partial charge is 0.317 e. The second kappa shape index (κ2) is 6.91. The standard InChI is InChI=1S/C14H24N2O2S/c1-11(17)7-8-16(4)13(18)15-10-14(2,3)12-6-5-9-19-12/h5-6,9,11,17H,7-8,10H2,1-4H3,(H,15,18). The van der Waals surface area contributed by atoms with Crippen LogP contribution in [0.4, 0.5) is 4.79 Å². The first-order chi connectivity index (χ1) is 8.83. The Bertz CT molecular complexity index is 388. The molecule has 0 aliphatic rings. The van der Waals surface area contributed by atoms with Gasteiger partial charge in [-0.1, -0.05) is 19.9 Å². The molecular formula is C14H24N2O2S. The summed E-state index contributed by atoms with van der Waals surface area (Å²) in [4.78, 5) is 14.8. The van der Waals surface area contributed by atoms with E-state index in [0.717, 1.165) is 0 Å². The highest BCUT2D eigenvalue weighted by Crippen LogP contribution is 2.26. The van der Waals surface area contributed by atoms with Crippen molar-refractivity contribution >= 4 is 17.4 Å². The minimum absolute atomic E-state index is 0.0606. The Morgan fingerprint density at radius 1 is 1.58 bits per heavy atom. The minimum atomic E-state index is -0.377. The SMILES string of the molecule is CC(O)CCN(C)C(=O)NCC(C)(C)c1cccs1. The lowest BCUT2D eigenvalue weighted by Gasteiger charge is -2.26. The van der Waals surface area contributed by atoms with Gasteiger partial charge in [0.1, 0.15) is 0 Å². The zero-order valence-corrected chi connectivity index (χ0v) is 13.0. The molecule has 0 radical (unpaired) electrons. The Kier molecular flexibility index (Phi) is 5.82. The normalized spacial score (nSPS) is 13.1. The number of amides is 2. The van der Waals surface area contributed by atoms with E-state index in [0.29, 0.717) is 19.5 Å². The van der Waals surface area contributed by atoms with Crippen LogP contribution in [0, 0.1) is 0 Å². The Morgan fingerprint density at radius 2 is 2.26 bits per heavy atom. The van der Waals surface area contributed by atoms with E-state index in [9.17, 15) is 9.90 Å². The highest BCUT2D eigenvalue weighted by atomic mass is 32.1. The summed E-state index contributed by atoms with van der Waals surface area (Å²) in [6.45, 7) is 7.13. The monoisotopic (exact) mass is 284 g/mol. The molecule has 1 rings (SSSR count). The van der Waals surface area contributed by atoms with E-state index in [-0.39, 0.29) is 17.6 Å². The lowest BCUT2D eigenvalue weighted by molar-refractivity contribution is 0.163. The highest BCUT2D eigenvalue weighted by Gasteiger charge is 2.23. The Hall–Kier alpha value is -1.07. The van der Waals surface area contributed by atoms with Gasteiger partial charge in [-0.2, -0.15) is 0 Å². The zero-order valence-electron chi connectivity index (χ0n) is 12.1. The van der Waals surface area contributed by atoms with Crippen LogP contribution in [-0.2, 0) is 5.41 Å². The van der Waals surface area contributed by atoms with E-state index >= 15 is 0 Å². The molecule has 1 aromatic rings. The van der Waals surface area contributed by atoms with Gasteiger partial charge in [-0.3, -0.25) is 0 Å². The first kappa shape index (κ1) is 16.0. The number of hydrogen-bond donors (Lipinski definition) is 2. The van der Waals surface area contributed by atoms with E-state index in [1.807, 2.05) is 11.4 Å².